The molecule has 2 rings (SSSR count). The average molecular weight is 261 g/mol. The van der Waals surface area contributed by atoms with Crippen molar-refractivity contribution in [3.63, 3.8) is 0 Å². The van der Waals surface area contributed by atoms with E-state index >= 15 is 0 Å². The first kappa shape index (κ1) is 12.8. The van der Waals surface area contributed by atoms with Crippen LogP contribution in [0.25, 0.3) is 0 Å². The molecule has 17 heavy (non-hydrogen) atoms. The summed E-state index contributed by atoms with van der Waals surface area (Å²) in [6.45, 7) is 0.204. The second-order valence-electron chi connectivity index (χ2n) is 4.98. The van der Waals surface area contributed by atoms with Gasteiger partial charge in [0.2, 0.25) is 15.9 Å². The van der Waals surface area contributed by atoms with Gasteiger partial charge in [0.05, 0.1) is 0 Å². The van der Waals surface area contributed by atoms with Crippen LogP contribution in [0.4, 0.5) is 0 Å². The van der Waals surface area contributed by atoms with E-state index < -0.39 is 15.3 Å². The summed E-state index contributed by atoms with van der Waals surface area (Å²) in [6.07, 6.45) is 3.89. The van der Waals surface area contributed by atoms with Gasteiger partial charge in [-0.05, 0) is 12.8 Å². The zero-order valence-electron chi connectivity index (χ0n) is 9.71. The second kappa shape index (κ2) is 4.55. The second-order valence-corrected chi connectivity index (χ2v) is 6.82. The number of hydrogen-bond acceptors (Lipinski definition) is 4. The molecular weight excluding hydrogens is 242 g/mol. The van der Waals surface area contributed by atoms with Crippen LogP contribution in [0.3, 0.4) is 0 Å². The maximum absolute atomic E-state index is 11.8. The van der Waals surface area contributed by atoms with Crippen LogP contribution in [0.15, 0.2) is 0 Å². The van der Waals surface area contributed by atoms with E-state index in [1.165, 1.54) is 0 Å². The number of sulfonamides is 1. The Morgan fingerprint density at radius 1 is 1.24 bits per heavy atom. The summed E-state index contributed by atoms with van der Waals surface area (Å²) in [7, 11) is -3.63. The quantitative estimate of drug-likeness (QED) is 0.675. The van der Waals surface area contributed by atoms with Gasteiger partial charge in [0.15, 0.2) is 0 Å². The molecule has 1 saturated heterocycles. The molecule has 2 fully saturated rings. The minimum Gasteiger partial charge on any atom is -0.337 e. The summed E-state index contributed by atoms with van der Waals surface area (Å²) in [5.74, 6) is -0.133. The average Bonchev–Trinajstić information content (AvgIpc) is 2.61. The van der Waals surface area contributed by atoms with Crippen LogP contribution >= 0.6 is 0 Å². The SMILES string of the molecule is N[C@@H]1CCCC[C@@H]1N1CC(S(N)(=O)=O)CC1=O. The van der Waals surface area contributed by atoms with Gasteiger partial charge < -0.3 is 10.6 Å². The highest BCUT2D eigenvalue weighted by atomic mass is 32.2. The molecule has 0 radical (unpaired) electrons. The zero-order valence-corrected chi connectivity index (χ0v) is 10.5. The van der Waals surface area contributed by atoms with Crippen LogP contribution in [0.5, 0.6) is 0 Å². The van der Waals surface area contributed by atoms with Crippen molar-refractivity contribution >= 4 is 15.9 Å². The number of likely N-dealkylation sites (tertiary alicyclic amines) is 1. The minimum absolute atomic E-state index is 0.00204. The largest absolute Gasteiger partial charge is 0.337 e. The van der Waals surface area contributed by atoms with E-state index in [4.69, 9.17) is 10.9 Å². The molecule has 1 aliphatic carbocycles. The van der Waals surface area contributed by atoms with E-state index in [2.05, 4.69) is 0 Å². The van der Waals surface area contributed by atoms with Crippen LogP contribution < -0.4 is 10.9 Å². The number of amides is 1. The van der Waals surface area contributed by atoms with Crippen molar-refractivity contribution in [1.29, 1.82) is 0 Å². The molecule has 3 atom stereocenters. The molecule has 6 nitrogen and oxygen atoms in total. The van der Waals surface area contributed by atoms with Crippen LogP contribution in [0.2, 0.25) is 0 Å². The summed E-state index contributed by atoms with van der Waals surface area (Å²) in [5, 5.41) is 4.33. The highest BCUT2D eigenvalue weighted by Gasteiger charge is 2.41. The molecule has 1 unspecified atom stereocenters. The number of nitrogens with two attached hydrogens (primary N) is 2. The first-order valence-electron chi connectivity index (χ1n) is 5.96. The fourth-order valence-electron chi connectivity index (χ4n) is 2.77. The van der Waals surface area contributed by atoms with Crippen molar-refractivity contribution in [2.24, 2.45) is 10.9 Å². The molecule has 2 aliphatic rings. The fraction of sp³-hybridized carbons (Fsp3) is 0.900. The van der Waals surface area contributed by atoms with E-state index in [1.807, 2.05) is 0 Å². The van der Waals surface area contributed by atoms with Crippen molar-refractivity contribution in [3.05, 3.63) is 0 Å². The van der Waals surface area contributed by atoms with Crippen molar-refractivity contribution in [1.82, 2.24) is 4.90 Å². The normalized spacial score (nSPS) is 35.3. The molecular formula is C10H19N3O3S. The molecule has 1 amide bonds. The maximum Gasteiger partial charge on any atom is 0.224 e. The van der Waals surface area contributed by atoms with Crippen LogP contribution in [0, 0.1) is 0 Å². The van der Waals surface area contributed by atoms with Gasteiger partial charge in [-0.1, -0.05) is 12.8 Å². The third-order valence-corrected chi connectivity index (χ3v) is 5.01. The van der Waals surface area contributed by atoms with Gasteiger partial charge >= 0.3 is 0 Å². The molecule has 1 heterocycles. The van der Waals surface area contributed by atoms with Gasteiger partial charge in [0, 0.05) is 25.0 Å². The van der Waals surface area contributed by atoms with E-state index in [1.54, 1.807) is 4.90 Å². The lowest BCUT2D eigenvalue weighted by atomic mass is 9.90. The van der Waals surface area contributed by atoms with Gasteiger partial charge in [0.25, 0.3) is 0 Å². The number of carbonyl (C=O) groups is 1. The predicted molar refractivity (Wildman–Crippen MR) is 63.5 cm³/mol. The van der Waals surface area contributed by atoms with Crippen molar-refractivity contribution in [2.75, 3.05) is 6.54 Å². The third-order valence-electron chi connectivity index (χ3n) is 3.77. The monoisotopic (exact) mass is 261 g/mol. The van der Waals surface area contributed by atoms with Crippen molar-refractivity contribution in [3.8, 4) is 0 Å². The summed E-state index contributed by atoms with van der Waals surface area (Å²) in [4.78, 5) is 13.5. The molecule has 1 aliphatic heterocycles. The van der Waals surface area contributed by atoms with E-state index in [-0.39, 0.29) is 31.0 Å². The Morgan fingerprint density at radius 3 is 2.41 bits per heavy atom. The van der Waals surface area contributed by atoms with Gasteiger partial charge in [0.1, 0.15) is 5.25 Å². The summed E-state index contributed by atoms with van der Waals surface area (Å²) in [5.41, 5.74) is 6.00. The molecule has 4 N–H and O–H groups in total. The van der Waals surface area contributed by atoms with Crippen molar-refractivity contribution < 1.29 is 13.2 Å². The predicted octanol–water partition coefficient (Wildman–Crippen LogP) is -0.854. The highest BCUT2D eigenvalue weighted by Crippen LogP contribution is 2.27. The molecule has 0 bridgehead atoms. The molecule has 1 saturated carbocycles. The van der Waals surface area contributed by atoms with Crippen LogP contribution in [0.1, 0.15) is 32.1 Å². The third kappa shape index (κ3) is 2.61. The number of rotatable bonds is 2. The molecule has 0 aromatic carbocycles. The van der Waals surface area contributed by atoms with Gasteiger partial charge in [-0.15, -0.1) is 0 Å². The molecule has 98 valence electrons. The number of nitrogens with zero attached hydrogens (tertiary/aromatic N) is 1. The lowest BCUT2D eigenvalue weighted by molar-refractivity contribution is -0.130. The maximum atomic E-state index is 11.8. The Balaban J connectivity index is 2.10. The van der Waals surface area contributed by atoms with E-state index in [0.29, 0.717) is 0 Å². The minimum atomic E-state index is -3.63. The molecule has 0 aromatic heterocycles. The lowest BCUT2D eigenvalue weighted by Gasteiger charge is -2.36. The summed E-state index contributed by atoms with van der Waals surface area (Å²) >= 11 is 0. The fourth-order valence-corrected chi connectivity index (χ4v) is 3.51. The smallest absolute Gasteiger partial charge is 0.224 e. The molecule has 0 aromatic rings. The van der Waals surface area contributed by atoms with Crippen LogP contribution in [-0.4, -0.2) is 43.1 Å². The highest BCUT2D eigenvalue weighted by molar-refractivity contribution is 7.89. The van der Waals surface area contributed by atoms with Crippen molar-refractivity contribution in [2.45, 2.75) is 49.4 Å². The molecule has 0 spiro atoms. The van der Waals surface area contributed by atoms with E-state index in [0.717, 1.165) is 25.7 Å². The topological polar surface area (TPSA) is 106 Å². The van der Waals surface area contributed by atoms with Gasteiger partial charge in [-0.2, -0.15) is 0 Å². The Morgan fingerprint density at radius 2 is 1.88 bits per heavy atom. The number of carbonyl (C=O) groups excluding carboxylic acids is 1. The number of hydrogen-bond donors (Lipinski definition) is 2. The van der Waals surface area contributed by atoms with Gasteiger partial charge in [-0.25, -0.2) is 13.6 Å². The lowest BCUT2D eigenvalue weighted by Crippen LogP contribution is -2.50. The first-order valence-corrected chi connectivity index (χ1v) is 7.57. The van der Waals surface area contributed by atoms with Gasteiger partial charge in [-0.3, -0.25) is 4.79 Å². The Kier molecular flexibility index (Phi) is 3.42. The summed E-state index contributed by atoms with van der Waals surface area (Å²) < 4.78 is 22.5. The Labute approximate surface area is 101 Å². The standard InChI is InChI=1S/C10H19N3O3S/c11-8-3-1-2-4-9(8)13-6-7(5-10(13)14)17(12,15)16/h7-9H,1-6,11H2,(H2,12,15,16)/t7?,8-,9+/m1/s1. The van der Waals surface area contributed by atoms with E-state index in [9.17, 15) is 13.2 Å². The number of primary sulfonamides is 1. The Bertz CT molecular complexity index is 409. The molecule has 7 heteroatoms. The first-order chi connectivity index (χ1) is 7.89. The zero-order chi connectivity index (χ0) is 12.6. The van der Waals surface area contributed by atoms with Crippen LogP contribution in [-0.2, 0) is 14.8 Å². The summed E-state index contributed by atoms with van der Waals surface area (Å²) in [6, 6.07) is -0.0464. The Hall–Kier alpha value is -0.660.